The van der Waals surface area contributed by atoms with Crippen molar-refractivity contribution in [1.82, 2.24) is 14.9 Å². The molecule has 2 aromatic carbocycles. The number of hydrogen-bond acceptors (Lipinski definition) is 3. The Morgan fingerprint density at radius 2 is 1.86 bits per heavy atom. The van der Waals surface area contributed by atoms with Gasteiger partial charge >= 0.3 is 0 Å². The summed E-state index contributed by atoms with van der Waals surface area (Å²) >= 11 is 0. The summed E-state index contributed by atoms with van der Waals surface area (Å²) in [6, 6.07) is 17.4. The van der Waals surface area contributed by atoms with Gasteiger partial charge in [0.2, 0.25) is 0 Å². The van der Waals surface area contributed by atoms with Crippen LogP contribution in [0.3, 0.4) is 0 Å². The maximum absolute atomic E-state index is 12.9. The first-order valence-corrected chi connectivity index (χ1v) is 9.91. The normalized spacial score (nSPS) is 12.9. The Morgan fingerprint density at radius 3 is 2.66 bits per heavy atom. The van der Waals surface area contributed by atoms with Crippen molar-refractivity contribution in [2.24, 2.45) is 0 Å². The van der Waals surface area contributed by atoms with Gasteiger partial charge < -0.3 is 15.2 Å². The van der Waals surface area contributed by atoms with Crippen LogP contribution in [0.2, 0.25) is 0 Å². The second kappa shape index (κ2) is 8.31. The Balaban J connectivity index is 1.56. The minimum Gasteiger partial charge on any atom is -0.347 e. The number of imidazole rings is 1. The molecule has 1 aromatic heterocycles. The van der Waals surface area contributed by atoms with Gasteiger partial charge in [-0.1, -0.05) is 42.5 Å². The Hall–Kier alpha value is -3.41. The first kappa shape index (κ1) is 18.9. The maximum Gasteiger partial charge on any atom is 0.291 e. The lowest BCUT2D eigenvalue weighted by molar-refractivity contribution is 0.0945. The monoisotopic (exact) mass is 388 g/mol. The highest BCUT2D eigenvalue weighted by molar-refractivity contribution is 6.03. The summed E-state index contributed by atoms with van der Waals surface area (Å²) in [5.74, 6) is -0.235. The van der Waals surface area contributed by atoms with E-state index in [1.807, 2.05) is 66.1 Å². The molecule has 0 fully saturated rings. The van der Waals surface area contributed by atoms with Crippen LogP contribution in [0.1, 0.15) is 50.8 Å². The van der Waals surface area contributed by atoms with Gasteiger partial charge in [0.15, 0.2) is 5.82 Å². The van der Waals surface area contributed by atoms with Crippen molar-refractivity contribution in [2.45, 2.75) is 39.3 Å². The molecule has 2 N–H and O–H groups in total. The first-order chi connectivity index (χ1) is 14.1. The number of aromatic nitrogens is 2. The molecule has 0 unspecified atom stereocenters. The van der Waals surface area contributed by atoms with Crippen LogP contribution in [0.25, 0.3) is 0 Å². The van der Waals surface area contributed by atoms with E-state index in [2.05, 4.69) is 15.6 Å². The average molecular weight is 388 g/mol. The van der Waals surface area contributed by atoms with E-state index >= 15 is 0 Å². The van der Waals surface area contributed by atoms with Gasteiger partial charge in [-0.15, -0.1) is 0 Å². The molecule has 0 radical (unpaired) electrons. The minimum absolute atomic E-state index is 0.242. The summed E-state index contributed by atoms with van der Waals surface area (Å²) in [5, 5.41) is 5.83. The van der Waals surface area contributed by atoms with Crippen molar-refractivity contribution in [1.29, 1.82) is 0 Å². The van der Waals surface area contributed by atoms with Crippen molar-refractivity contribution in [3.8, 4) is 0 Å². The number of hydrogen-bond donors (Lipinski definition) is 2. The molecular formula is C23H24N4O2. The molecule has 0 spiro atoms. The third kappa shape index (κ3) is 4.21. The van der Waals surface area contributed by atoms with E-state index < -0.39 is 0 Å². The highest BCUT2D eigenvalue weighted by Gasteiger charge is 2.27. The lowest BCUT2D eigenvalue weighted by Gasteiger charge is -2.17. The standard InChI is InChI=1S/C23H24N4O2/c1-16-8-7-11-18(14-16)25-23(29)21-26-20(19-12-5-6-13-27(19)21)22(28)24-15-17-9-3-2-4-10-17/h2-4,7-11,14H,5-6,12-13,15H2,1H3,(H,24,28)(H,25,29). The highest BCUT2D eigenvalue weighted by atomic mass is 16.2. The Kier molecular flexibility index (Phi) is 5.42. The van der Waals surface area contributed by atoms with E-state index in [0.29, 0.717) is 24.6 Å². The van der Waals surface area contributed by atoms with E-state index in [1.165, 1.54) is 0 Å². The zero-order valence-electron chi connectivity index (χ0n) is 16.4. The van der Waals surface area contributed by atoms with E-state index in [1.54, 1.807) is 0 Å². The number of amides is 2. The third-order valence-corrected chi connectivity index (χ3v) is 5.11. The molecule has 0 saturated carbocycles. The van der Waals surface area contributed by atoms with Crippen LogP contribution in [0.5, 0.6) is 0 Å². The quantitative estimate of drug-likeness (QED) is 0.700. The average Bonchev–Trinajstić information content (AvgIpc) is 3.13. The molecule has 6 nitrogen and oxygen atoms in total. The fraction of sp³-hybridized carbons (Fsp3) is 0.261. The van der Waals surface area contributed by atoms with Gasteiger partial charge in [-0.25, -0.2) is 4.98 Å². The van der Waals surface area contributed by atoms with E-state index in [-0.39, 0.29) is 11.8 Å². The molecule has 0 aliphatic carbocycles. The van der Waals surface area contributed by atoms with Crippen molar-refractivity contribution < 1.29 is 9.59 Å². The molecule has 1 aliphatic heterocycles. The molecule has 4 rings (SSSR count). The number of anilines is 1. The molecule has 29 heavy (non-hydrogen) atoms. The van der Waals surface area contributed by atoms with E-state index in [0.717, 1.165) is 41.8 Å². The van der Waals surface area contributed by atoms with Crippen molar-refractivity contribution in [2.75, 3.05) is 5.32 Å². The zero-order chi connectivity index (χ0) is 20.2. The zero-order valence-corrected chi connectivity index (χ0v) is 16.4. The van der Waals surface area contributed by atoms with Gasteiger partial charge in [0.25, 0.3) is 11.8 Å². The third-order valence-electron chi connectivity index (χ3n) is 5.11. The van der Waals surface area contributed by atoms with Crippen molar-refractivity contribution in [3.63, 3.8) is 0 Å². The second-order valence-corrected chi connectivity index (χ2v) is 7.33. The topological polar surface area (TPSA) is 76.0 Å². The summed E-state index contributed by atoms with van der Waals surface area (Å²) in [6.45, 7) is 3.10. The van der Waals surface area contributed by atoms with Gasteiger partial charge in [0.05, 0.1) is 5.69 Å². The number of nitrogens with one attached hydrogen (secondary N) is 2. The molecular weight excluding hydrogens is 364 g/mol. The first-order valence-electron chi connectivity index (χ1n) is 9.91. The van der Waals surface area contributed by atoms with Crippen LogP contribution < -0.4 is 10.6 Å². The molecule has 0 atom stereocenters. The lowest BCUT2D eigenvalue weighted by Crippen LogP contribution is -2.25. The van der Waals surface area contributed by atoms with Gasteiger partial charge in [-0.05, 0) is 49.4 Å². The van der Waals surface area contributed by atoms with Crippen LogP contribution >= 0.6 is 0 Å². The molecule has 0 bridgehead atoms. The SMILES string of the molecule is Cc1cccc(NC(=O)c2nc(C(=O)NCc3ccccc3)c3n2CCCC3)c1. The number of carbonyl (C=O) groups excluding carboxylic acids is 2. The number of benzene rings is 2. The highest BCUT2D eigenvalue weighted by Crippen LogP contribution is 2.22. The summed E-state index contributed by atoms with van der Waals surface area (Å²) in [6.07, 6.45) is 2.71. The molecule has 2 amide bonds. The summed E-state index contributed by atoms with van der Waals surface area (Å²) in [7, 11) is 0. The Bertz CT molecular complexity index is 1040. The fourth-order valence-electron chi connectivity index (χ4n) is 3.67. The van der Waals surface area contributed by atoms with Crippen LogP contribution in [0, 0.1) is 6.92 Å². The predicted octanol–water partition coefficient (Wildman–Crippen LogP) is 3.71. The Morgan fingerprint density at radius 1 is 1.03 bits per heavy atom. The smallest absolute Gasteiger partial charge is 0.291 e. The summed E-state index contributed by atoms with van der Waals surface area (Å²) in [5.41, 5.74) is 4.00. The van der Waals surface area contributed by atoms with Crippen molar-refractivity contribution >= 4 is 17.5 Å². The second-order valence-electron chi connectivity index (χ2n) is 7.33. The molecule has 2 heterocycles. The number of nitrogens with zero attached hydrogens (tertiary/aromatic N) is 2. The minimum atomic E-state index is -0.291. The van der Waals surface area contributed by atoms with Crippen LogP contribution in [0.15, 0.2) is 54.6 Å². The van der Waals surface area contributed by atoms with Gasteiger partial charge in [-0.3, -0.25) is 9.59 Å². The van der Waals surface area contributed by atoms with Crippen LogP contribution in [-0.2, 0) is 19.5 Å². The number of carbonyl (C=O) groups is 2. The number of rotatable bonds is 5. The number of fused-ring (bicyclic) bond motifs is 1. The molecule has 148 valence electrons. The van der Waals surface area contributed by atoms with Crippen molar-refractivity contribution in [3.05, 3.63) is 82.9 Å². The molecule has 1 aliphatic rings. The maximum atomic E-state index is 12.9. The summed E-state index contributed by atoms with van der Waals surface area (Å²) in [4.78, 5) is 30.2. The van der Waals surface area contributed by atoms with Crippen LogP contribution in [0.4, 0.5) is 5.69 Å². The van der Waals surface area contributed by atoms with Crippen LogP contribution in [-0.4, -0.2) is 21.4 Å². The number of aryl methyl sites for hydroxylation is 1. The van der Waals surface area contributed by atoms with E-state index in [9.17, 15) is 9.59 Å². The Labute approximate surface area is 170 Å². The predicted molar refractivity (Wildman–Crippen MR) is 112 cm³/mol. The molecule has 3 aromatic rings. The van der Waals surface area contributed by atoms with Gasteiger partial charge in [0.1, 0.15) is 5.69 Å². The van der Waals surface area contributed by atoms with E-state index in [4.69, 9.17) is 0 Å². The lowest BCUT2D eigenvalue weighted by atomic mass is 10.1. The van der Waals surface area contributed by atoms with Gasteiger partial charge in [-0.2, -0.15) is 0 Å². The fourth-order valence-corrected chi connectivity index (χ4v) is 3.67. The molecule has 6 heteroatoms. The largest absolute Gasteiger partial charge is 0.347 e. The molecule has 0 saturated heterocycles. The van der Waals surface area contributed by atoms with Gasteiger partial charge in [0, 0.05) is 18.8 Å². The summed E-state index contributed by atoms with van der Waals surface area (Å²) < 4.78 is 1.89.